The Balaban J connectivity index is 2.23. The Kier molecular flexibility index (Phi) is 6.58. The van der Waals surface area contributed by atoms with Gasteiger partial charge < -0.3 is 0 Å². The Hall–Kier alpha value is -1.77. The fourth-order valence-electron chi connectivity index (χ4n) is 3.92. The molecule has 2 nitrogen and oxygen atoms in total. The van der Waals surface area contributed by atoms with Crippen LogP contribution in [0.5, 0.6) is 0 Å². The van der Waals surface area contributed by atoms with Gasteiger partial charge in [-0.3, -0.25) is 9.97 Å². The van der Waals surface area contributed by atoms with Gasteiger partial charge in [0.25, 0.3) is 0 Å². The molecule has 2 aromatic rings. The topological polar surface area (TPSA) is 25.8 Å². The number of pyridine rings is 2. The molecule has 3 heteroatoms. The van der Waals surface area contributed by atoms with E-state index < -0.39 is 0 Å². The third-order valence-corrected chi connectivity index (χ3v) is 6.34. The smallest absolute Gasteiger partial charge is 0.130 e. The summed E-state index contributed by atoms with van der Waals surface area (Å²) in [5.41, 5.74) is 4.76. The lowest BCUT2D eigenvalue weighted by Crippen LogP contribution is -2.27. The number of hydrogen-bond acceptors (Lipinski definition) is 2. The van der Waals surface area contributed by atoms with Crippen molar-refractivity contribution in [3.8, 4) is 0 Å². The molecule has 0 radical (unpaired) electrons. The number of nitrogens with zero attached hydrogens (tertiary/aromatic N) is 2. The summed E-state index contributed by atoms with van der Waals surface area (Å²) >= 11 is 0. The van der Waals surface area contributed by atoms with Crippen molar-refractivity contribution in [2.45, 2.75) is 111 Å². The molecular weight excluding hydrogens is 371 g/mol. The standard InChI is InChI=1S/C27H41FN2/c1-18-14-22(25(5,6)7)29-16-19(18)26(8,9)12-13-27(10,11)23-15-21(28)20(17-30-23)24(2,3)4/h14-17H,12-13H2,1-11H3. The van der Waals surface area contributed by atoms with Crippen LogP contribution in [0.25, 0.3) is 0 Å². The zero-order valence-corrected chi connectivity index (χ0v) is 21.0. The first-order valence-corrected chi connectivity index (χ1v) is 11.1. The monoisotopic (exact) mass is 412 g/mol. The van der Waals surface area contributed by atoms with Crippen molar-refractivity contribution in [1.29, 1.82) is 0 Å². The van der Waals surface area contributed by atoms with Crippen molar-refractivity contribution in [2.24, 2.45) is 0 Å². The maximum atomic E-state index is 14.8. The lowest BCUT2D eigenvalue weighted by molar-refractivity contribution is 0.365. The van der Waals surface area contributed by atoms with Gasteiger partial charge in [-0.15, -0.1) is 0 Å². The molecule has 2 aromatic heterocycles. The van der Waals surface area contributed by atoms with Crippen LogP contribution in [0.3, 0.4) is 0 Å². The van der Waals surface area contributed by atoms with Crippen LogP contribution in [-0.2, 0) is 21.7 Å². The van der Waals surface area contributed by atoms with Crippen molar-refractivity contribution < 1.29 is 4.39 Å². The van der Waals surface area contributed by atoms with Crippen LogP contribution in [0.2, 0.25) is 0 Å². The van der Waals surface area contributed by atoms with Crippen LogP contribution in [0.15, 0.2) is 24.5 Å². The summed E-state index contributed by atoms with van der Waals surface area (Å²) in [6, 6.07) is 3.86. The first kappa shape index (κ1) is 24.5. The summed E-state index contributed by atoms with van der Waals surface area (Å²) in [6.07, 6.45) is 5.67. The SMILES string of the molecule is Cc1cc(C(C)(C)C)ncc1C(C)(C)CCC(C)(C)c1cc(F)c(C(C)(C)C)cn1. The third kappa shape index (κ3) is 5.47. The Morgan fingerprint density at radius 2 is 1.17 bits per heavy atom. The lowest BCUT2D eigenvalue weighted by atomic mass is 9.73. The zero-order valence-electron chi connectivity index (χ0n) is 21.0. The molecule has 0 aliphatic carbocycles. The van der Waals surface area contributed by atoms with Gasteiger partial charge in [0.15, 0.2) is 0 Å². The van der Waals surface area contributed by atoms with E-state index in [1.165, 1.54) is 11.1 Å². The summed E-state index contributed by atoms with van der Waals surface area (Å²) in [6.45, 7) is 23.7. The molecule has 0 N–H and O–H groups in total. The minimum atomic E-state index is -0.245. The molecule has 0 spiro atoms. The summed E-state index contributed by atoms with van der Waals surface area (Å²) in [4.78, 5) is 9.42. The van der Waals surface area contributed by atoms with Crippen molar-refractivity contribution in [2.75, 3.05) is 0 Å². The Morgan fingerprint density at radius 3 is 1.63 bits per heavy atom. The second-order valence-corrected chi connectivity index (χ2v) is 12.2. The number of aromatic nitrogens is 2. The minimum absolute atomic E-state index is 0.0192. The van der Waals surface area contributed by atoms with Crippen LogP contribution in [-0.4, -0.2) is 9.97 Å². The average molecular weight is 413 g/mol. The van der Waals surface area contributed by atoms with Crippen molar-refractivity contribution in [1.82, 2.24) is 9.97 Å². The highest BCUT2D eigenvalue weighted by atomic mass is 19.1. The highest BCUT2D eigenvalue weighted by Gasteiger charge is 2.31. The Labute approximate surface area is 183 Å². The fraction of sp³-hybridized carbons (Fsp3) is 0.630. The van der Waals surface area contributed by atoms with Crippen molar-refractivity contribution >= 4 is 0 Å². The van der Waals surface area contributed by atoms with Crippen LogP contribution >= 0.6 is 0 Å². The summed E-state index contributed by atoms with van der Waals surface area (Å²) in [7, 11) is 0. The van der Waals surface area contributed by atoms with E-state index in [-0.39, 0.29) is 27.5 Å². The molecule has 2 rings (SSSR count). The minimum Gasteiger partial charge on any atom is -0.260 e. The summed E-state index contributed by atoms with van der Waals surface area (Å²) < 4.78 is 14.8. The Bertz CT molecular complexity index is 896. The quantitative estimate of drug-likeness (QED) is 0.506. The molecule has 0 amide bonds. The summed E-state index contributed by atoms with van der Waals surface area (Å²) in [5, 5.41) is 0. The molecule has 0 aliphatic rings. The van der Waals surface area contributed by atoms with Crippen LogP contribution in [0.1, 0.15) is 110 Å². The number of aryl methyl sites for hydroxylation is 1. The number of halogens is 1. The van der Waals surface area contributed by atoms with Gasteiger partial charge in [0.2, 0.25) is 0 Å². The van der Waals surface area contributed by atoms with Gasteiger partial charge >= 0.3 is 0 Å². The van der Waals surface area contributed by atoms with E-state index in [1.54, 1.807) is 12.3 Å². The molecule has 166 valence electrons. The average Bonchev–Trinajstić information content (AvgIpc) is 2.58. The molecule has 0 bridgehead atoms. The molecule has 0 unspecified atom stereocenters. The van der Waals surface area contributed by atoms with Crippen LogP contribution in [0, 0.1) is 12.7 Å². The zero-order chi connectivity index (χ0) is 23.1. The van der Waals surface area contributed by atoms with Crippen molar-refractivity contribution in [3.63, 3.8) is 0 Å². The van der Waals surface area contributed by atoms with Gasteiger partial charge in [-0.05, 0) is 53.9 Å². The predicted octanol–water partition coefficient (Wildman–Crippen LogP) is 7.55. The molecule has 0 atom stereocenters. The van der Waals surface area contributed by atoms with E-state index in [9.17, 15) is 4.39 Å². The largest absolute Gasteiger partial charge is 0.260 e. The third-order valence-electron chi connectivity index (χ3n) is 6.34. The maximum Gasteiger partial charge on any atom is 0.130 e. The second-order valence-electron chi connectivity index (χ2n) is 12.2. The van der Waals surface area contributed by atoms with Gasteiger partial charge in [0, 0.05) is 40.2 Å². The van der Waals surface area contributed by atoms with E-state index in [1.807, 2.05) is 20.8 Å². The number of rotatable bonds is 5. The van der Waals surface area contributed by atoms with E-state index >= 15 is 0 Å². The molecular formula is C27H41FN2. The van der Waals surface area contributed by atoms with Crippen LogP contribution < -0.4 is 0 Å². The highest BCUT2D eigenvalue weighted by Crippen LogP contribution is 2.38. The second kappa shape index (κ2) is 8.05. The molecule has 0 aliphatic heterocycles. The van der Waals surface area contributed by atoms with Crippen LogP contribution in [0.4, 0.5) is 4.39 Å². The molecule has 2 heterocycles. The highest BCUT2D eigenvalue weighted by molar-refractivity contribution is 5.34. The molecule has 0 saturated carbocycles. The molecule has 0 saturated heterocycles. The predicted molar refractivity (Wildman–Crippen MR) is 126 cm³/mol. The van der Waals surface area contributed by atoms with Gasteiger partial charge in [-0.25, -0.2) is 4.39 Å². The van der Waals surface area contributed by atoms with E-state index in [0.717, 1.165) is 24.2 Å². The fourth-order valence-corrected chi connectivity index (χ4v) is 3.92. The Morgan fingerprint density at radius 1 is 0.667 bits per heavy atom. The van der Waals surface area contributed by atoms with Gasteiger partial charge in [0.05, 0.1) is 0 Å². The van der Waals surface area contributed by atoms with E-state index in [2.05, 4.69) is 72.6 Å². The normalized spacial score (nSPS) is 13.6. The maximum absolute atomic E-state index is 14.8. The lowest BCUT2D eigenvalue weighted by Gasteiger charge is -2.33. The molecule has 30 heavy (non-hydrogen) atoms. The first-order chi connectivity index (χ1) is 13.4. The number of hydrogen-bond donors (Lipinski definition) is 0. The molecule has 0 fully saturated rings. The van der Waals surface area contributed by atoms with Gasteiger partial charge in [-0.2, -0.15) is 0 Å². The summed E-state index contributed by atoms with van der Waals surface area (Å²) in [5.74, 6) is -0.155. The van der Waals surface area contributed by atoms with E-state index in [4.69, 9.17) is 4.98 Å². The van der Waals surface area contributed by atoms with E-state index in [0.29, 0.717) is 5.56 Å². The van der Waals surface area contributed by atoms with Gasteiger partial charge in [-0.1, -0.05) is 69.2 Å². The van der Waals surface area contributed by atoms with Gasteiger partial charge in [0.1, 0.15) is 5.82 Å². The molecule has 0 aromatic carbocycles. The van der Waals surface area contributed by atoms with Crippen molar-refractivity contribution in [3.05, 3.63) is 58.4 Å². The first-order valence-electron chi connectivity index (χ1n) is 11.1.